The highest BCUT2D eigenvalue weighted by molar-refractivity contribution is 5.87. The van der Waals surface area contributed by atoms with Gasteiger partial charge in [0.25, 0.3) is 0 Å². The Labute approximate surface area is 156 Å². The van der Waals surface area contributed by atoms with Gasteiger partial charge in [-0.3, -0.25) is 14.5 Å². The molecule has 1 heterocycles. The fraction of sp³-hybridized carbons (Fsp3) is 0.600. The summed E-state index contributed by atoms with van der Waals surface area (Å²) in [5.74, 6) is 0.804. The minimum Gasteiger partial charge on any atom is -0.497 e. The van der Waals surface area contributed by atoms with Crippen LogP contribution < -0.4 is 10.1 Å². The minimum absolute atomic E-state index is 0.0292. The average molecular weight is 361 g/mol. The lowest BCUT2D eigenvalue weighted by Crippen LogP contribution is -2.51. The molecule has 2 amide bonds. The number of rotatable bonds is 6. The van der Waals surface area contributed by atoms with Crippen molar-refractivity contribution < 1.29 is 14.3 Å². The van der Waals surface area contributed by atoms with Gasteiger partial charge in [-0.25, -0.2) is 0 Å². The van der Waals surface area contributed by atoms with Gasteiger partial charge in [0.1, 0.15) is 11.8 Å². The van der Waals surface area contributed by atoms with Gasteiger partial charge >= 0.3 is 0 Å². The molecule has 1 N–H and O–H groups in total. The predicted molar refractivity (Wildman–Crippen MR) is 102 cm³/mol. The van der Waals surface area contributed by atoms with Crippen molar-refractivity contribution in [3.8, 4) is 5.75 Å². The topological polar surface area (TPSA) is 61.9 Å². The molecule has 1 atom stereocenters. The Kier molecular flexibility index (Phi) is 7.45. The van der Waals surface area contributed by atoms with Crippen LogP contribution in [0.4, 0.5) is 0 Å². The Balaban J connectivity index is 1.93. The van der Waals surface area contributed by atoms with E-state index in [2.05, 4.69) is 22.3 Å². The van der Waals surface area contributed by atoms with Gasteiger partial charge in [0.15, 0.2) is 0 Å². The number of benzene rings is 1. The summed E-state index contributed by atoms with van der Waals surface area (Å²) in [6, 6.07) is 7.67. The summed E-state index contributed by atoms with van der Waals surface area (Å²) in [6.07, 6.45) is 0.937. The molecule has 0 aliphatic carbocycles. The number of nitrogens with one attached hydrogen (secondary N) is 1. The molecule has 26 heavy (non-hydrogen) atoms. The van der Waals surface area contributed by atoms with E-state index >= 15 is 0 Å². The number of hydrogen-bond donors (Lipinski definition) is 1. The van der Waals surface area contributed by atoms with E-state index in [1.165, 1.54) is 12.5 Å². The zero-order chi connectivity index (χ0) is 19.1. The number of nitrogens with zero attached hydrogens (tertiary/aromatic N) is 2. The average Bonchev–Trinajstić information content (AvgIpc) is 2.85. The number of amides is 2. The number of carbonyl (C=O) groups is 2. The first-order valence-electron chi connectivity index (χ1n) is 9.32. The molecule has 1 aromatic carbocycles. The van der Waals surface area contributed by atoms with Gasteiger partial charge in [-0.1, -0.05) is 26.0 Å². The van der Waals surface area contributed by atoms with Crippen molar-refractivity contribution in [2.45, 2.75) is 39.8 Å². The van der Waals surface area contributed by atoms with Gasteiger partial charge in [0.05, 0.1) is 7.11 Å². The molecule has 2 rings (SSSR count). The van der Waals surface area contributed by atoms with E-state index in [1.807, 2.05) is 30.9 Å². The molecule has 0 saturated carbocycles. The summed E-state index contributed by atoms with van der Waals surface area (Å²) in [5.41, 5.74) is 1.24. The summed E-state index contributed by atoms with van der Waals surface area (Å²) in [5, 5.41) is 2.80. The van der Waals surface area contributed by atoms with E-state index in [9.17, 15) is 9.59 Å². The van der Waals surface area contributed by atoms with Gasteiger partial charge in [-0.05, 0) is 30.0 Å². The van der Waals surface area contributed by atoms with Crippen molar-refractivity contribution in [3.05, 3.63) is 29.8 Å². The van der Waals surface area contributed by atoms with Gasteiger partial charge in [0, 0.05) is 39.6 Å². The third-order valence-corrected chi connectivity index (χ3v) is 4.76. The zero-order valence-electron chi connectivity index (χ0n) is 16.3. The van der Waals surface area contributed by atoms with E-state index in [0.717, 1.165) is 38.3 Å². The summed E-state index contributed by atoms with van der Waals surface area (Å²) < 4.78 is 5.20. The molecule has 1 aliphatic rings. The lowest BCUT2D eigenvalue weighted by molar-refractivity contribution is -0.137. The van der Waals surface area contributed by atoms with Crippen LogP contribution in [-0.2, 0) is 16.1 Å². The summed E-state index contributed by atoms with van der Waals surface area (Å²) >= 11 is 0. The normalized spacial score (nSPS) is 16.9. The maximum atomic E-state index is 12.8. The third kappa shape index (κ3) is 5.73. The molecule has 1 unspecified atom stereocenters. The second-order valence-corrected chi connectivity index (χ2v) is 7.23. The summed E-state index contributed by atoms with van der Waals surface area (Å²) in [7, 11) is 1.67. The van der Waals surface area contributed by atoms with Crippen molar-refractivity contribution in [2.24, 2.45) is 5.92 Å². The molecule has 1 fully saturated rings. The highest BCUT2D eigenvalue weighted by Gasteiger charge is 2.29. The fourth-order valence-corrected chi connectivity index (χ4v) is 3.27. The number of carbonyl (C=O) groups excluding carboxylic acids is 2. The Hall–Kier alpha value is -2.08. The maximum Gasteiger partial charge on any atom is 0.245 e. The first-order valence-corrected chi connectivity index (χ1v) is 9.32. The summed E-state index contributed by atoms with van der Waals surface area (Å²) in [4.78, 5) is 28.5. The second-order valence-electron chi connectivity index (χ2n) is 7.23. The first-order chi connectivity index (χ1) is 12.4. The van der Waals surface area contributed by atoms with Gasteiger partial charge in [0.2, 0.25) is 11.8 Å². The highest BCUT2D eigenvalue weighted by Crippen LogP contribution is 2.15. The van der Waals surface area contributed by atoms with E-state index in [1.54, 1.807) is 7.11 Å². The Morgan fingerprint density at radius 3 is 2.38 bits per heavy atom. The van der Waals surface area contributed by atoms with Crippen molar-refractivity contribution in [1.82, 2.24) is 15.1 Å². The molecule has 0 spiro atoms. The molecule has 1 aromatic rings. The Bertz CT molecular complexity index is 601. The fourth-order valence-electron chi connectivity index (χ4n) is 3.27. The van der Waals surface area contributed by atoms with Crippen LogP contribution in [0.15, 0.2) is 24.3 Å². The summed E-state index contributed by atoms with van der Waals surface area (Å²) in [6.45, 7) is 9.48. The molecule has 0 aromatic heterocycles. The quantitative estimate of drug-likeness (QED) is 0.841. The minimum atomic E-state index is -0.444. The standard InChI is InChI=1S/C20H31N3O3/c1-15(2)19(21-16(3)24)20(25)23-11-5-10-22(12-13-23)14-17-6-8-18(26-4)9-7-17/h6-9,15,19H,5,10-14H2,1-4H3,(H,21,24). The van der Waals surface area contributed by atoms with Crippen LogP contribution in [0.1, 0.15) is 32.8 Å². The SMILES string of the molecule is COc1ccc(CN2CCCN(C(=O)C(NC(C)=O)C(C)C)CC2)cc1. The number of hydrogen-bond acceptors (Lipinski definition) is 4. The molecule has 1 saturated heterocycles. The van der Waals surface area contributed by atoms with Crippen LogP contribution in [0, 0.1) is 5.92 Å². The maximum absolute atomic E-state index is 12.8. The van der Waals surface area contributed by atoms with Crippen LogP contribution in [0.3, 0.4) is 0 Å². The largest absolute Gasteiger partial charge is 0.497 e. The predicted octanol–water partition coefficient (Wildman–Crippen LogP) is 1.89. The molecular formula is C20H31N3O3. The molecule has 6 heteroatoms. The van der Waals surface area contributed by atoms with Gasteiger partial charge in [-0.2, -0.15) is 0 Å². The highest BCUT2D eigenvalue weighted by atomic mass is 16.5. The van der Waals surface area contributed by atoms with Crippen LogP contribution >= 0.6 is 0 Å². The molecule has 1 aliphatic heterocycles. The Morgan fingerprint density at radius 1 is 1.12 bits per heavy atom. The van der Waals surface area contributed by atoms with Gasteiger partial charge in [-0.15, -0.1) is 0 Å². The smallest absolute Gasteiger partial charge is 0.245 e. The Morgan fingerprint density at radius 2 is 1.81 bits per heavy atom. The monoisotopic (exact) mass is 361 g/mol. The van der Waals surface area contributed by atoms with E-state index in [4.69, 9.17) is 4.74 Å². The zero-order valence-corrected chi connectivity index (χ0v) is 16.3. The molecule has 0 bridgehead atoms. The second kappa shape index (κ2) is 9.57. The van der Waals surface area contributed by atoms with Crippen molar-refractivity contribution >= 4 is 11.8 Å². The van der Waals surface area contributed by atoms with E-state index in [-0.39, 0.29) is 17.7 Å². The van der Waals surface area contributed by atoms with E-state index in [0.29, 0.717) is 6.54 Å². The molecule has 144 valence electrons. The van der Waals surface area contributed by atoms with Crippen molar-refractivity contribution in [1.29, 1.82) is 0 Å². The lowest BCUT2D eigenvalue weighted by Gasteiger charge is -2.28. The van der Waals surface area contributed by atoms with Crippen LogP contribution in [-0.4, -0.2) is 60.9 Å². The van der Waals surface area contributed by atoms with Crippen LogP contribution in [0.5, 0.6) is 5.75 Å². The number of methoxy groups -OCH3 is 1. The lowest BCUT2D eigenvalue weighted by atomic mass is 10.0. The van der Waals surface area contributed by atoms with Crippen molar-refractivity contribution in [3.63, 3.8) is 0 Å². The van der Waals surface area contributed by atoms with Crippen LogP contribution in [0.25, 0.3) is 0 Å². The molecule has 6 nitrogen and oxygen atoms in total. The van der Waals surface area contributed by atoms with E-state index < -0.39 is 6.04 Å². The molecule has 0 radical (unpaired) electrons. The first kappa shape index (κ1) is 20.2. The third-order valence-electron chi connectivity index (χ3n) is 4.76. The van der Waals surface area contributed by atoms with Crippen molar-refractivity contribution in [2.75, 3.05) is 33.3 Å². The van der Waals surface area contributed by atoms with Gasteiger partial charge < -0.3 is 15.0 Å². The number of ether oxygens (including phenoxy) is 1. The van der Waals surface area contributed by atoms with Crippen LogP contribution in [0.2, 0.25) is 0 Å². The molecular weight excluding hydrogens is 330 g/mol.